The first kappa shape index (κ1) is 18.4. The molecule has 8 nitrogen and oxygen atoms in total. The van der Waals surface area contributed by atoms with Gasteiger partial charge in [0.25, 0.3) is 5.89 Å². The number of nitrogens with one attached hydrogen (secondary N) is 1. The standard InChI is InChI=1S/C18H19F2N5O3/c1-26-15-9-11(4-5-14(15)27-18(19)20)16-22-17(28-24-16)13-6-8-25(23-13)12-3-2-7-21-10-12/h4-6,8-9,12,18,21H,2-3,7,10H2,1H3. The van der Waals surface area contributed by atoms with Crippen molar-refractivity contribution in [3.63, 3.8) is 0 Å². The Labute approximate surface area is 159 Å². The second-order valence-corrected chi connectivity index (χ2v) is 6.35. The number of benzene rings is 1. The highest BCUT2D eigenvalue weighted by Crippen LogP contribution is 2.33. The maximum absolute atomic E-state index is 12.5. The van der Waals surface area contributed by atoms with Gasteiger partial charge in [0, 0.05) is 18.3 Å². The van der Waals surface area contributed by atoms with Crippen molar-refractivity contribution in [1.82, 2.24) is 25.2 Å². The van der Waals surface area contributed by atoms with Gasteiger partial charge in [-0.05, 0) is 43.7 Å². The summed E-state index contributed by atoms with van der Waals surface area (Å²) in [7, 11) is 1.37. The smallest absolute Gasteiger partial charge is 0.387 e. The molecule has 4 rings (SSSR count). The number of halogens is 2. The van der Waals surface area contributed by atoms with E-state index in [0.717, 1.165) is 25.9 Å². The lowest BCUT2D eigenvalue weighted by atomic mass is 10.1. The molecule has 2 aromatic heterocycles. The van der Waals surface area contributed by atoms with Gasteiger partial charge in [-0.15, -0.1) is 0 Å². The van der Waals surface area contributed by atoms with Crippen LogP contribution in [0.2, 0.25) is 0 Å². The van der Waals surface area contributed by atoms with Crippen molar-refractivity contribution in [2.24, 2.45) is 0 Å². The summed E-state index contributed by atoms with van der Waals surface area (Å²) < 4.78 is 41.7. The normalized spacial score (nSPS) is 17.1. The zero-order valence-corrected chi connectivity index (χ0v) is 15.1. The molecule has 3 heterocycles. The number of nitrogens with zero attached hydrogens (tertiary/aromatic N) is 4. The predicted molar refractivity (Wildman–Crippen MR) is 95.3 cm³/mol. The molecule has 3 aromatic rings. The van der Waals surface area contributed by atoms with Crippen LogP contribution in [0.5, 0.6) is 11.5 Å². The SMILES string of the molecule is COc1cc(-c2noc(-c3ccn(C4CCCNC4)n3)n2)ccc1OC(F)F. The molecule has 1 aromatic carbocycles. The minimum Gasteiger partial charge on any atom is -0.493 e. The van der Waals surface area contributed by atoms with E-state index < -0.39 is 6.61 Å². The summed E-state index contributed by atoms with van der Waals surface area (Å²) in [4.78, 5) is 4.36. The molecule has 0 spiro atoms. The fourth-order valence-corrected chi connectivity index (χ4v) is 3.16. The van der Waals surface area contributed by atoms with E-state index in [-0.39, 0.29) is 17.4 Å². The molecular formula is C18H19F2N5O3. The second-order valence-electron chi connectivity index (χ2n) is 6.35. The van der Waals surface area contributed by atoms with Crippen LogP contribution in [0.15, 0.2) is 35.0 Å². The van der Waals surface area contributed by atoms with Gasteiger partial charge in [-0.25, -0.2) is 0 Å². The van der Waals surface area contributed by atoms with Gasteiger partial charge in [0.1, 0.15) is 0 Å². The van der Waals surface area contributed by atoms with Crippen LogP contribution in [0.1, 0.15) is 18.9 Å². The zero-order chi connectivity index (χ0) is 19.5. The fraction of sp³-hybridized carbons (Fsp3) is 0.389. The first-order valence-corrected chi connectivity index (χ1v) is 8.87. The summed E-state index contributed by atoms with van der Waals surface area (Å²) in [6.07, 6.45) is 4.07. The van der Waals surface area contributed by atoms with Gasteiger partial charge in [-0.3, -0.25) is 4.68 Å². The average Bonchev–Trinajstić information content (AvgIpc) is 3.38. The lowest BCUT2D eigenvalue weighted by Gasteiger charge is -2.22. The van der Waals surface area contributed by atoms with E-state index in [1.54, 1.807) is 6.07 Å². The number of alkyl halides is 2. The Balaban J connectivity index is 1.55. The maximum atomic E-state index is 12.5. The molecular weight excluding hydrogens is 372 g/mol. The number of piperidine rings is 1. The Kier molecular flexibility index (Phi) is 5.20. The van der Waals surface area contributed by atoms with Gasteiger partial charge in [-0.1, -0.05) is 5.16 Å². The van der Waals surface area contributed by atoms with Crippen molar-refractivity contribution in [3.8, 4) is 34.5 Å². The molecule has 1 unspecified atom stereocenters. The minimum absolute atomic E-state index is 0.0650. The minimum atomic E-state index is -2.94. The Morgan fingerprint density at radius 2 is 2.18 bits per heavy atom. The Hall–Kier alpha value is -3.01. The van der Waals surface area contributed by atoms with Crippen LogP contribution in [0.4, 0.5) is 8.78 Å². The summed E-state index contributed by atoms with van der Waals surface area (Å²) in [5.74, 6) is 0.665. The molecule has 1 saturated heterocycles. The van der Waals surface area contributed by atoms with E-state index in [9.17, 15) is 8.78 Å². The Bertz CT molecular complexity index is 937. The van der Waals surface area contributed by atoms with Gasteiger partial charge in [0.05, 0.1) is 13.2 Å². The van der Waals surface area contributed by atoms with Gasteiger partial charge in [0.15, 0.2) is 17.2 Å². The number of rotatable bonds is 6. The van der Waals surface area contributed by atoms with Crippen molar-refractivity contribution in [2.75, 3.05) is 20.2 Å². The molecule has 1 fully saturated rings. The highest BCUT2D eigenvalue weighted by atomic mass is 19.3. The summed E-state index contributed by atoms with van der Waals surface area (Å²) >= 11 is 0. The first-order chi connectivity index (χ1) is 13.6. The quantitative estimate of drug-likeness (QED) is 0.691. The van der Waals surface area contributed by atoms with Gasteiger partial charge >= 0.3 is 6.61 Å². The van der Waals surface area contributed by atoms with Gasteiger partial charge in [-0.2, -0.15) is 18.9 Å². The van der Waals surface area contributed by atoms with Gasteiger partial charge in [0.2, 0.25) is 5.82 Å². The van der Waals surface area contributed by atoms with E-state index in [1.165, 1.54) is 19.2 Å². The molecule has 1 aliphatic rings. The summed E-state index contributed by atoms with van der Waals surface area (Å²) in [6, 6.07) is 6.57. The Morgan fingerprint density at radius 3 is 2.93 bits per heavy atom. The molecule has 0 amide bonds. The summed E-state index contributed by atoms with van der Waals surface area (Å²) in [5, 5.41) is 11.9. The predicted octanol–water partition coefficient (Wildman–Crippen LogP) is 3.13. The molecule has 0 aliphatic carbocycles. The molecule has 10 heteroatoms. The number of hydrogen-bond donors (Lipinski definition) is 1. The lowest BCUT2D eigenvalue weighted by molar-refractivity contribution is -0.0512. The largest absolute Gasteiger partial charge is 0.493 e. The van der Waals surface area contributed by atoms with Crippen LogP contribution in [-0.4, -0.2) is 46.7 Å². The molecule has 1 N–H and O–H groups in total. The lowest BCUT2D eigenvalue weighted by Crippen LogP contribution is -2.31. The van der Waals surface area contributed by atoms with Crippen LogP contribution >= 0.6 is 0 Å². The molecule has 1 aliphatic heterocycles. The molecule has 0 bridgehead atoms. The summed E-state index contributed by atoms with van der Waals surface area (Å²) in [5.41, 5.74) is 1.12. The first-order valence-electron chi connectivity index (χ1n) is 8.87. The molecule has 28 heavy (non-hydrogen) atoms. The fourth-order valence-electron chi connectivity index (χ4n) is 3.16. The van der Waals surface area contributed by atoms with E-state index in [1.807, 2.05) is 16.9 Å². The third-order valence-electron chi connectivity index (χ3n) is 4.54. The van der Waals surface area contributed by atoms with Crippen LogP contribution in [-0.2, 0) is 0 Å². The van der Waals surface area contributed by atoms with Crippen molar-refractivity contribution >= 4 is 0 Å². The molecule has 0 saturated carbocycles. The van der Waals surface area contributed by atoms with E-state index in [4.69, 9.17) is 9.26 Å². The van der Waals surface area contributed by atoms with Gasteiger partial charge < -0.3 is 19.3 Å². The van der Waals surface area contributed by atoms with Crippen LogP contribution in [0.25, 0.3) is 23.0 Å². The molecule has 1 atom stereocenters. The van der Waals surface area contributed by atoms with E-state index >= 15 is 0 Å². The molecule has 0 radical (unpaired) electrons. The van der Waals surface area contributed by atoms with Crippen molar-refractivity contribution in [3.05, 3.63) is 30.5 Å². The number of hydrogen-bond acceptors (Lipinski definition) is 7. The summed E-state index contributed by atoms with van der Waals surface area (Å²) in [6.45, 7) is -1.03. The third kappa shape index (κ3) is 3.81. The zero-order valence-electron chi connectivity index (χ0n) is 15.1. The number of ether oxygens (including phenoxy) is 2. The number of aromatic nitrogens is 4. The molecule has 148 valence electrons. The number of methoxy groups -OCH3 is 1. The maximum Gasteiger partial charge on any atom is 0.387 e. The van der Waals surface area contributed by atoms with Crippen LogP contribution < -0.4 is 14.8 Å². The third-order valence-corrected chi connectivity index (χ3v) is 4.54. The van der Waals surface area contributed by atoms with Crippen molar-refractivity contribution in [1.29, 1.82) is 0 Å². The monoisotopic (exact) mass is 391 g/mol. The van der Waals surface area contributed by atoms with Crippen LogP contribution in [0.3, 0.4) is 0 Å². The highest BCUT2D eigenvalue weighted by molar-refractivity contribution is 5.62. The van der Waals surface area contributed by atoms with Crippen LogP contribution in [0, 0.1) is 0 Å². The topological polar surface area (TPSA) is 87.2 Å². The highest BCUT2D eigenvalue weighted by Gasteiger charge is 2.19. The average molecular weight is 391 g/mol. The van der Waals surface area contributed by atoms with E-state index in [0.29, 0.717) is 23.1 Å². The van der Waals surface area contributed by atoms with E-state index in [2.05, 4.69) is 25.3 Å². The second kappa shape index (κ2) is 7.93. The van der Waals surface area contributed by atoms with Crippen molar-refractivity contribution < 1.29 is 22.8 Å². The van der Waals surface area contributed by atoms with Crippen molar-refractivity contribution in [2.45, 2.75) is 25.5 Å². The Morgan fingerprint density at radius 1 is 1.29 bits per heavy atom.